The lowest BCUT2D eigenvalue weighted by Gasteiger charge is -2.25. The van der Waals surface area contributed by atoms with Crippen molar-refractivity contribution in [3.63, 3.8) is 0 Å². The molecule has 2 fully saturated rings. The van der Waals surface area contributed by atoms with Gasteiger partial charge in [0.25, 0.3) is 11.5 Å². The van der Waals surface area contributed by atoms with Crippen LogP contribution in [0.15, 0.2) is 10.9 Å². The van der Waals surface area contributed by atoms with Gasteiger partial charge in [0.05, 0.1) is 0 Å². The first-order valence-electron chi connectivity index (χ1n) is 9.06. The molecule has 0 aromatic carbocycles. The number of hydrogen-bond acceptors (Lipinski definition) is 3. The van der Waals surface area contributed by atoms with E-state index >= 15 is 0 Å². The average molecular weight is 345 g/mol. The summed E-state index contributed by atoms with van der Waals surface area (Å²) in [7, 11) is 3.51. The molecule has 1 saturated heterocycles. The number of piperidine rings is 1. The molecule has 0 bridgehead atoms. The number of nitrogens with zero attached hydrogens (tertiary/aromatic N) is 2. The molecule has 0 radical (unpaired) electrons. The predicted molar refractivity (Wildman–Crippen MR) is 95.5 cm³/mol. The molecule has 1 N–H and O–H groups in total. The topological polar surface area (TPSA) is 71.4 Å². The van der Waals surface area contributed by atoms with Gasteiger partial charge < -0.3 is 14.8 Å². The fraction of sp³-hybridized carbons (Fsp3) is 0.632. The summed E-state index contributed by atoms with van der Waals surface area (Å²) in [5, 5.41) is 2.91. The molecule has 1 aliphatic carbocycles. The number of pyridine rings is 1. The molecular formula is C19H27N3O3. The summed E-state index contributed by atoms with van der Waals surface area (Å²) in [4.78, 5) is 38.9. The predicted octanol–water partition coefficient (Wildman–Crippen LogP) is 1.24. The smallest absolute Gasteiger partial charge is 0.263 e. The number of rotatable bonds is 3. The van der Waals surface area contributed by atoms with Gasteiger partial charge in [0.1, 0.15) is 5.56 Å². The van der Waals surface area contributed by atoms with Crippen molar-refractivity contribution in [1.82, 2.24) is 14.8 Å². The second kappa shape index (κ2) is 6.65. The van der Waals surface area contributed by atoms with Crippen LogP contribution in [0.3, 0.4) is 0 Å². The quantitative estimate of drug-likeness (QED) is 0.896. The zero-order chi connectivity index (χ0) is 18.3. The molecule has 1 saturated carbocycles. The second-order valence-corrected chi connectivity index (χ2v) is 7.48. The van der Waals surface area contributed by atoms with Crippen molar-refractivity contribution in [2.24, 2.45) is 18.9 Å². The van der Waals surface area contributed by atoms with E-state index in [2.05, 4.69) is 5.32 Å². The highest BCUT2D eigenvalue weighted by Crippen LogP contribution is 2.38. The number of fused-ring (bicyclic) bond motifs is 1. The molecule has 3 atom stereocenters. The summed E-state index contributed by atoms with van der Waals surface area (Å²) in [6, 6.07) is 1.82. The van der Waals surface area contributed by atoms with Crippen molar-refractivity contribution in [2.45, 2.75) is 45.6 Å². The van der Waals surface area contributed by atoms with E-state index in [0.717, 1.165) is 30.5 Å². The van der Waals surface area contributed by atoms with Gasteiger partial charge in [-0.2, -0.15) is 0 Å². The first kappa shape index (κ1) is 17.7. The Morgan fingerprint density at radius 1 is 1.32 bits per heavy atom. The van der Waals surface area contributed by atoms with Crippen LogP contribution in [-0.4, -0.2) is 40.9 Å². The van der Waals surface area contributed by atoms with Crippen LogP contribution < -0.4 is 10.9 Å². The number of carbonyl (C=O) groups excluding carboxylic acids is 2. The zero-order valence-electron chi connectivity index (χ0n) is 15.5. The molecule has 1 aliphatic heterocycles. The maximum Gasteiger partial charge on any atom is 0.263 e. The summed E-state index contributed by atoms with van der Waals surface area (Å²) in [5.74, 6) is 0.677. The van der Waals surface area contributed by atoms with Gasteiger partial charge in [0.2, 0.25) is 5.91 Å². The maximum absolute atomic E-state index is 13.0. The van der Waals surface area contributed by atoms with Crippen LogP contribution in [0.5, 0.6) is 0 Å². The first-order valence-corrected chi connectivity index (χ1v) is 9.06. The third kappa shape index (κ3) is 3.10. The molecule has 136 valence electrons. The lowest BCUT2D eigenvalue weighted by Crippen LogP contribution is -2.40. The minimum absolute atomic E-state index is 0.0889. The van der Waals surface area contributed by atoms with E-state index in [1.807, 2.05) is 13.8 Å². The lowest BCUT2D eigenvalue weighted by atomic mass is 9.89. The van der Waals surface area contributed by atoms with Crippen LogP contribution in [0.2, 0.25) is 0 Å². The van der Waals surface area contributed by atoms with Crippen molar-refractivity contribution in [3.05, 3.63) is 33.2 Å². The molecule has 1 aromatic rings. The molecule has 3 rings (SSSR count). The molecule has 2 aliphatic rings. The summed E-state index contributed by atoms with van der Waals surface area (Å²) < 4.78 is 1.59. The van der Waals surface area contributed by atoms with Gasteiger partial charge in [-0.1, -0.05) is 6.92 Å². The molecule has 25 heavy (non-hydrogen) atoms. The van der Waals surface area contributed by atoms with E-state index in [-0.39, 0.29) is 29.0 Å². The SMILES string of the molecule is CCc1c(C)cc(C(=O)N(C)[C@H]2C[C@H]3CC(=O)NC[C@H]3C2)c(=O)n1C. The third-order valence-corrected chi connectivity index (χ3v) is 6.01. The molecular weight excluding hydrogens is 318 g/mol. The monoisotopic (exact) mass is 345 g/mol. The van der Waals surface area contributed by atoms with Gasteiger partial charge in [-0.25, -0.2) is 0 Å². The highest BCUT2D eigenvalue weighted by Gasteiger charge is 2.41. The largest absolute Gasteiger partial charge is 0.356 e. The van der Waals surface area contributed by atoms with E-state index < -0.39 is 0 Å². The Kier molecular flexibility index (Phi) is 4.71. The normalized spacial score (nSPS) is 25.4. The first-order chi connectivity index (χ1) is 11.8. The van der Waals surface area contributed by atoms with Crippen LogP contribution in [0.4, 0.5) is 0 Å². The second-order valence-electron chi connectivity index (χ2n) is 7.48. The van der Waals surface area contributed by atoms with E-state index in [1.54, 1.807) is 29.6 Å². The van der Waals surface area contributed by atoms with Gasteiger partial charge in [0.15, 0.2) is 0 Å². The lowest BCUT2D eigenvalue weighted by molar-refractivity contribution is -0.124. The van der Waals surface area contributed by atoms with Crippen molar-refractivity contribution >= 4 is 11.8 Å². The molecule has 6 nitrogen and oxygen atoms in total. The number of nitrogens with one attached hydrogen (secondary N) is 1. The third-order valence-electron chi connectivity index (χ3n) is 6.01. The fourth-order valence-corrected chi connectivity index (χ4v) is 4.51. The van der Waals surface area contributed by atoms with Gasteiger partial charge in [-0.3, -0.25) is 14.4 Å². The average Bonchev–Trinajstić information content (AvgIpc) is 3.00. The molecule has 1 aromatic heterocycles. The van der Waals surface area contributed by atoms with Crippen LogP contribution in [0.1, 0.15) is 47.8 Å². The van der Waals surface area contributed by atoms with E-state index in [0.29, 0.717) is 24.8 Å². The molecule has 0 spiro atoms. The Labute approximate surface area is 148 Å². The van der Waals surface area contributed by atoms with Crippen LogP contribution in [0, 0.1) is 18.8 Å². The van der Waals surface area contributed by atoms with E-state index in [4.69, 9.17) is 0 Å². The summed E-state index contributed by atoms with van der Waals surface area (Å²) >= 11 is 0. The number of aromatic nitrogens is 1. The van der Waals surface area contributed by atoms with Gasteiger partial charge in [-0.15, -0.1) is 0 Å². The molecule has 6 heteroatoms. The minimum atomic E-state index is -0.230. The Hall–Kier alpha value is -2.11. The molecule has 2 amide bonds. The fourth-order valence-electron chi connectivity index (χ4n) is 4.51. The van der Waals surface area contributed by atoms with Crippen LogP contribution in [0.25, 0.3) is 0 Å². The highest BCUT2D eigenvalue weighted by molar-refractivity contribution is 5.94. The summed E-state index contributed by atoms with van der Waals surface area (Å²) in [5.41, 5.74) is 1.94. The maximum atomic E-state index is 13.0. The molecule has 2 heterocycles. The highest BCUT2D eigenvalue weighted by atomic mass is 16.2. The Balaban J connectivity index is 1.82. The van der Waals surface area contributed by atoms with Crippen molar-refractivity contribution in [2.75, 3.05) is 13.6 Å². The molecule has 0 unspecified atom stereocenters. The van der Waals surface area contributed by atoms with Crippen molar-refractivity contribution < 1.29 is 9.59 Å². The summed E-state index contributed by atoms with van der Waals surface area (Å²) in [6.07, 6.45) is 3.04. The number of hydrogen-bond donors (Lipinski definition) is 1. The van der Waals surface area contributed by atoms with E-state index in [1.165, 1.54) is 0 Å². The zero-order valence-corrected chi connectivity index (χ0v) is 15.5. The van der Waals surface area contributed by atoms with Crippen molar-refractivity contribution in [3.8, 4) is 0 Å². The van der Waals surface area contributed by atoms with Gasteiger partial charge >= 0.3 is 0 Å². The van der Waals surface area contributed by atoms with E-state index in [9.17, 15) is 14.4 Å². The van der Waals surface area contributed by atoms with Gasteiger partial charge in [0, 0.05) is 38.8 Å². The summed E-state index contributed by atoms with van der Waals surface area (Å²) in [6.45, 7) is 4.65. The van der Waals surface area contributed by atoms with Crippen LogP contribution >= 0.6 is 0 Å². The number of carbonyl (C=O) groups is 2. The van der Waals surface area contributed by atoms with Crippen LogP contribution in [-0.2, 0) is 18.3 Å². The number of amides is 2. The van der Waals surface area contributed by atoms with Crippen molar-refractivity contribution in [1.29, 1.82) is 0 Å². The van der Waals surface area contributed by atoms with Gasteiger partial charge in [-0.05, 0) is 49.7 Å². The minimum Gasteiger partial charge on any atom is -0.356 e. The number of aryl methyl sites for hydroxylation is 1. The Bertz CT molecular complexity index is 768. The Morgan fingerprint density at radius 3 is 2.68 bits per heavy atom. The standard InChI is InChI=1S/C19H27N3O3/c1-5-16-11(2)6-15(19(25)22(16)4)18(24)21(3)14-7-12-9-17(23)20-10-13(12)8-14/h6,12-14H,5,7-10H2,1-4H3,(H,20,23)/t12-,13+,14-/m0/s1. The Morgan fingerprint density at radius 2 is 2.00 bits per heavy atom.